The van der Waals surface area contributed by atoms with Crippen molar-refractivity contribution in [2.75, 3.05) is 10.0 Å². The molecule has 1 aromatic heterocycles. The van der Waals surface area contributed by atoms with E-state index in [0.29, 0.717) is 16.7 Å². The van der Waals surface area contributed by atoms with Crippen LogP contribution < -0.4 is 10.0 Å². The Morgan fingerprint density at radius 3 is 2.28 bits per heavy atom. The average molecular weight is 470 g/mol. The molecule has 0 atom stereocenters. The third-order valence-electron chi connectivity index (χ3n) is 4.51. The van der Waals surface area contributed by atoms with E-state index < -0.39 is 20.6 Å². The van der Waals surface area contributed by atoms with E-state index in [4.69, 9.17) is 11.6 Å². The zero-order valence-corrected chi connectivity index (χ0v) is 18.2. The lowest BCUT2D eigenvalue weighted by Gasteiger charge is -2.14. The Balaban J connectivity index is 1.79. The van der Waals surface area contributed by atoms with Crippen LogP contribution in [-0.2, 0) is 10.0 Å². The minimum Gasteiger partial charge on any atom is -0.337 e. The first-order chi connectivity index (χ1) is 15.2. The number of aryl methyl sites for hydroxylation is 1. The number of halogens is 1. The zero-order chi connectivity index (χ0) is 22.9. The molecule has 11 heteroatoms. The fourth-order valence-corrected chi connectivity index (χ4v) is 4.22. The SMILES string of the molecule is Cc1cccc(Nc2nc3ccccc3nc2NS(=O)(=O)c2ccc(Cl)c([N+](=O)[O-])c2)c1. The van der Waals surface area contributed by atoms with Crippen LogP contribution in [0, 0.1) is 17.0 Å². The van der Waals surface area contributed by atoms with E-state index in [-0.39, 0.29) is 21.6 Å². The number of sulfonamides is 1. The van der Waals surface area contributed by atoms with Gasteiger partial charge in [-0.15, -0.1) is 0 Å². The Labute approximate surface area is 188 Å². The van der Waals surface area contributed by atoms with Crippen LogP contribution in [0.15, 0.2) is 71.6 Å². The minimum absolute atomic E-state index is 0.0530. The maximum Gasteiger partial charge on any atom is 0.289 e. The molecule has 1 heterocycles. The molecule has 4 aromatic rings. The Bertz CT molecular complexity index is 1460. The monoisotopic (exact) mass is 469 g/mol. The van der Waals surface area contributed by atoms with Gasteiger partial charge < -0.3 is 5.32 Å². The molecule has 0 fully saturated rings. The van der Waals surface area contributed by atoms with Crippen LogP contribution in [0.2, 0.25) is 5.02 Å². The van der Waals surface area contributed by atoms with Crippen molar-refractivity contribution in [2.24, 2.45) is 0 Å². The number of aromatic nitrogens is 2. The highest BCUT2D eigenvalue weighted by Gasteiger charge is 2.23. The molecule has 0 radical (unpaired) electrons. The van der Waals surface area contributed by atoms with Gasteiger partial charge in [-0.25, -0.2) is 18.4 Å². The molecule has 0 saturated heterocycles. The van der Waals surface area contributed by atoms with Gasteiger partial charge in [-0.05, 0) is 48.9 Å². The van der Waals surface area contributed by atoms with Crippen LogP contribution in [0.25, 0.3) is 11.0 Å². The third-order valence-corrected chi connectivity index (χ3v) is 6.16. The van der Waals surface area contributed by atoms with Crippen molar-refractivity contribution >= 4 is 55.7 Å². The second-order valence-corrected chi connectivity index (χ2v) is 8.97. The van der Waals surface area contributed by atoms with Gasteiger partial charge in [0.15, 0.2) is 11.6 Å². The summed E-state index contributed by atoms with van der Waals surface area (Å²) >= 11 is 5.81. The van der Waals surface area contributed by atoms with Crippen LogP contribution in [-0.4, -0.2) is 23.3 Å². The standard InChI is InChI=1S/C21H16ClN5O4S/c1-13-5-4-6-14(11-13)23-20-21(25-18-8-3-2-7-17(18)24-20)26-32(30,31)15-9-10-16(22)19(12-15)27(28)29/h2-12H,1H3,(H,23,24)(H,25,26). The fourth-order valence-electron chi connectivity index (χ4n) is 3.00. The molecule has 162 valence electrons. The Morgan fingerprint density at radius 2 is 1.62 bits per heavy atom. The molecule has 0 aliphatic carbocycles. The molecule has 0 aliphatic heterocycles. The van der Waals surface area contributed by atoms with Gasteiger partial charge in [0.2, 0.25) is 0 Å². The molecule has 3 aromatic carbocycles. The van der Waals surface area contributed by atoms with E-state index in [0.717, 1.165) is 17.7 Å². The summed E-state index contributed by atoms with van der Waals surface area (Å²) in [6, 6.07) is 17.7. The number of hydrogen-bond acceptors (Lipinski definition) is 7. The summed E-state index contributed by atoms with van der Waals surface area (Å²) in [5.41, 5.74) is 2.21. The van der Waals surface area contributed by atoms with Crippen LogP contribution in [0.4, 0.5) is 23.0 Å². The number of para-hydroxylation sites is 2. The van der Waals surface area contributed by atoms with Crippen molar-refractivity contribution in [1.82, 2.24) is 9.97 Å². The van der Waals surface area contributed by atoms with Gasteiger partial charge in [0.1, 0.15) is 5.02 Å². The van der Waals surface area contributed by atoms with E-state index >= 15 is 0 Å². The molecule has 4 rings (SSSR count). The predicted molar refractivity (Wildman–Crippen MR) is 123 cm³/mol. The largest absolute Gasteiger partial charge is 0.337 e. The number of hydrogen-bond donors (Lipinski definition) is 2. The summed E-state index contributed by atoms with van der Waals surface area (Å²) < 4.78 is 28.4. The number of anilines is 3. The highest BCUT2D eigenvalue weighted by atomic mass is 35.5. The molecule has 0 aliphatic rings. The maximum absolute atomic E-state index is 13.0. The molecule has 0 unspecified atom stereocenters. The van der Waals surface area contributed by atoms with Crippen molar-refractivity contribution in [3.05, 3.63) is 87.4 Å². The second kappa shape index (κ2) is 8.40. The first kappa shape index (κ1) is 21.5. The Kier molecular flexibility index (Phi) is 5.64. The van der Waals surface area contributed by atoms with E-state index in [1.165, 1.54) is 6.07 Å². The number of nitro benzene ring substituents is 1. The number of nitrogens with zero attached hydrogens (tertiary/aromatic N) is 3. The van der Waals surface area contributed by atoms with Crippen molar-refractivity contribution < 1.29 is 13.3 Å². The van der Waals surface area contributed by atoms with Gasteiger partial charge in [-0.1, -0.05) is 35.9 Å². The van der Waals surface area contributed by atoms with Crippen molar-refractivity contribution in [1.29, 1.82) is 0 Å². The van der Waals surface area contributed by atoms with Crippen molar-refractivity contribution in [3.8, 4) is 0 Å². The Morgan fingerprint density at radius 1 is 0.938 bits per heavy atom. The summed E-state index contributed by atoms with van der Waals surface area (Å²) in [5.74, 6) is 0.129. The van der Waals surface area contributed by atoms with Gasteiger partial charge in [0, 0.05) is 11.8 Å². The first-order valence-electron chi connectivity index (χ1n) is 9.30. The van der Waals surface area contributed by atoms with Gasteiger partial charge in [0.25, 0.3) is 15.7 Å². The molecule has 32 heavy (non-hydrogen) atoms. The first-order valence-corrected chi connectivity index (χ1v) is 11.2. The molecule has 0 bridgehead atoms. The van der Waals surface area contributed by atoms with Gasteiger partial charge in [0.05, 0.1) is 20.9 Å². The summed E-state index contributed by atoms with van der Waals surface area (Å²) in [6.07, 6.45) is 0. The summed E-state index contributed by atoms with van der Waals surface area (Å²) in [7, 11) is -4.23. The van der Waals surface area contributed by atoms with E-state index in [1.54, 1.807) is 24.3 Å². The normalized spacial score (nSPS) is 11.3. The maximum atomic E-state index is 13.0. The molecule has 0 saturated carbocycles. The third kappa shape index (κ3) is 4.46. The number of nitrogens with one attached hydrogen (secondary N) is 2. The quantitative estimate of drug-likeness (QED) is 0.299. The van der Waals surface area contributed by atoms with E-state index in [1.807, 2.05) is 31.2 Å². The second-order valence-electron chi connectivity index (χ2n) is 6.88. The summed E-state index contributed by atoms with van der Waals surface area (Å²) in [5, 5.41) is 14.1. The fraction of sp³-hybridized carbons (Fsp3) is 0.0476. The number of rotatable bonds is 6. The minimum atomic E-state index is -4.23. The van der Waals surface area contributed by atoms with E-state index in [2.05, 4.69) is 20.0 Å². The zero-order valence-electron chi connectivity index (χ0n) is 16.6. The lowest BCUT2D eigenvalue weighted by Crippen LogP contribution is -2.16. The van der Waals surface area contributed by atoms with Gasteiger partial charge >= 0.3 is 0 Å². The smallest absolute Gasteiger partial charge is 0.289 e. The lowest BCUT2D eigenvalue weighted by atomic mass is 10.2. The molecular weight excluding hydrogens is 454 g/mol. The summed E-state index contributed by atoms with van der Waals surface area (Å²) in [6.45, 7) is 1.92. The van der Waals surface area contributed by atoms with Gasteiger partial charge in [-0.3, -0.25) is 14.8 Å². The van der Waals surface area contributed by atoms with Crippen molar-refractivity contribution in [2.45, 2.75) is 11.8 Å². The van der Waals surface area contributed by atoms with Crippen LogP contribution in [0.5, 0.6) is 0 Å². The molecule has 9 nitrogen and oxygen atoms in total. The molecule has 0 spiro atoms. The topological polar surface area (TPSA) is 127 Å². The number of fused-ring (bicyclic) bond motifs is 1. The summed E-state index contributed by atoms with van der Waals surface area (Å²) in [4.78, 5) is 19.0. The van der Waals surface area contributed by atoms with Crippen molar-refractivity contribution in [3.63, 3.8) is 0 Å². The van der Waals surface area contributed by atoms with Gasteiger partial charge in [-0.2, -0.15) is 0 Å². The van der Waals surface area contributed by atoms with E-state index in [9.17, 15) is 18.5 Å². The van der Waals surface area contributed by atoms with Crippen LogP contribution in [0.1, 0.15) is 5.56 Å². The molecule has 0 amide bonds. The van der Waals surface area contributed by atoms with Crippen LogP contribution in [0.3, 0.4) is 0 Å². The highest BCUT2D eigenvalue weighted by Crippen LogP contribution is 2.30. The average Bonchev–Trinajstić information content (AvgIpc) is 2.74. The van der Waals surface area contributed by atoms with Crippen LogP contribution >= 0.6 is 11.6 Å². The predicted octanol–water partition coefficient (Wildman–Crippen LogP) is 5.04. The number of nitro groups is 1. The molecular formula is C21H16ClN5O4S. The highest BCUT2D eigenvalue weighted by molar-refractivity contribution is 7.92. The Hall–Kier alpha value is -3.76. The molecule has 2 N–H and O–H groups in total. The lowest BCUT2D eigenvalue weighted by molar-refractivity contribution is -0.384. The number of benzene rings is 3.